The number of benzene rings is 1. The van der Waals surface area contributed by atoms with E-state index in [0.717, 1.165) is 38.9 Å². The maximum atomic E-state index is 8.65. The summed E-state index contributed by atoms with van der Waals surface area (Å²) in [5, 5.41) is 15.0. The minimum atomic E-state index is 0.108. The molecule has 1 aromatic carbocycles. The molecule has 1 atom stereocenters. The van der Waals surface area contributed by atoms with Crippen LogP contribution in [0.1, 0.15) is 40.4 Å². The molecule has 0 radical (unpaired) electrons. The maximum Gasteiger partial charge on any atom is 0.115 e. The highest BCUT2D eigenvalue weighted by atomic mass is 32.1. The molecule has 1 unspecified atom stereocenters. The molecule has 28 heavy (non-hydrogen) atoms. The fourth-order valence-corrected chi connectivity index (χ4v) is 4.14. The Kier molecular flexibility index (Phi) is 4.60. The number of aryl methyl sites for hydroxylation is 1. The number of aromatic nitrogens is 2. The van der Waals surface area contributed by atoms with E-state index < -0.39 is 0 Å². The van der Waals surface area contributed by atoms with Gasteiger partial charge in [0, 0.05) is 52.5 Å². The molecule has 6 nitrogen and oxygen atoms in total. The first kappa shape index (κ1) is 18.2. The Morgan fingerprint density at radius 3 is 2.86 bits per heavy atom. The van der Waals surface area contributed by atoms with Crippen LogP contribution in [0.4, 0.5) is 11.4 Å². The van der Waals surface area contributed by atoms with Gasteiger partial charge in [0.2, 0.25) is 0 Å². The third-order valence-electron chi connectivity index (χ3n) is 4.97. The quantitative estimate of drug-likeness (QED) is 0.456. The number of hydrogen-bond donors (Lipinski definition) is 3. The molecule has 1 aliphatic rings. The van der Waals surface area contributed by atoms with Crippen LogP contribution in [0, 0.1) is 12.3 Å². The number of nitrogens with zero attached hydrogens (tertiary/aromatic N) is 3. The van der Waals surface area contributed by atoms with Crippen LogP contribution in [0.5, 0.6) is 0 Å². The maximum absolute atomic E-state index is 8.65. The van der Waals surface area contributed by atoms with Crippen LogP contribution in [0.15, 0.2) is 54.4 Å². The zero-order valence-electron chi connectivity index (χ0n) is 15.9. The fourth-order valence-electron chi connectivity index (χ4n) is 3.43. The molecule has 4 N–H and O–H groups in total. The van der Waals surface area contributed by atoms with Crippen molar-refractivity contribution in [2.24, 2.45) is 0 Å². The number of pyridine rings is 1. The van der Waals surface area contributed by atoms with Gasteiger partial charge < -0.3 is 16.0 Å². The number of rotatable bonds is 4. The summed E-state index contributed by atoms with van der Waals surface area (Å²) in [6.07, 6.45) is 3.54. The molecule has 7 heteroatoms. The van der Waals surface area contributed by atoms with Gasteiger partial charge in [-0.15, -0.1) is 11.3 Å². The van der Waals surface area contributed by atoms with Crippen molar-refractivity contribution in [1.29, 1.82) is 5.41 Å². The standard InChI is InChI=1S/C21H22N6S/c1-12-8-15(4-5-24-12)20(23)17-9-16-11-27(13(2)21-25-6-7-28-21)14(3)26-19(16)10-18(17)22/h4-10,13,23,26H,3,11,22H2,1-2H3. The zero-order chi connectivity index (χ0) is 19.8. The molecule has 3 aromatic rings. The smallest absolute Gasteiger partial charge is 0.115 e. The van der Waals surface area contributed by atoms with Crippen molar-refractivity contribution < 1.29 is 0 Å². The first-order valence-electron chi connectivity index (χ1n) is 9.00. The van der Waals surface area contributed by atoms with Crippen molar-refractivity contribution in [1.82, 2.24) is 14.9 Å². The zero-order valence-corrected chi connectivity index (χ0v) is 16.7. The van der Waals surface area contributed by atoms with Crippen LogP contribution >= 0.6 is 11.3 Å². The molecule has 142 valence electrons. The van der Waals surface area contributed by atoms with Gasteiger partial charge in [-0.25, -0.2) is 4.98 Å². The van der Waals surface area contributed by atoms with E-state index in [1.54, 1.807) is 17.5 Å². The highest BCUT2D eigenvalue weighted by Gasteiger charge is 2.26. The van der Waals surface area contributed by atoms with Gasteiger partial charge in [-0.2, -0.15) is 0 Å². The molecule has 0 saturated carbocycles. The summed E-state index contributed by atoms with van der Waals surface area (Å²) >= 11 is 1.64. The second kappa shape index (κ2) is 7.09. The molecular formula is C21H22N6S. The third kappa shape index (κ3) is 3.25. The van der Waals surface area contributed by atoms with Crippen molar-refractivity contribution in [3.8, 4) is 0 Å². The second-order valence-electron chi connectivity index (χ2n) is 6.90. The van der Waals surface area contributed by atoms with Crippen molar-refractivity contribution >= 4 is 28.4 Å². The van der Waals surface area contributed by atoms with Crippen LogP contribution in [0.2, 0.25) is 0 Å². The second-order valence-corrected chi connectivity index (χ2v) is 7.83. The predicted octanol–water partition coefficient (Wildman–Crippen LogP) is 4.30. The van der Waals surface area contributed by atoms with Crippen molar-refractivity contribution in [2.75, 3.05) is 11.1 Å². The molecule has 0 fully saturated rings. The van der Waals surface area contributed by atoms with Crippen LogP contribution in [0.25, 0.3) is 0 Å². The lowest BCUT2D eigenvalue weighted by atomic mass is 9.96. The van der Waals surface area contributed by atoms with E-state index in [1.165, 1.54) is 0 Å². The lowest BCUT2D eigenvalue weighted by Crippen LogP contribution is -2.33. The highest BCUT2D eigenvalue weighted by Crippen LogP contribution is 2.36. The Morgan fingerprint density at radius 1 is 1.32 bits per heavy atom. The summed E-state index contributed by atoms with van der Waals surface area (Å²) in [4.78, 5) is 10.8. The number of thiazole rings is 1. The van der Waals surface area contributed by atoms with Gasteiger partial charge in [-0.1, -0.05) is 6.58 Å². The van der Waals surface area contributed by atoms with Crippen LogP contribution in [-0.2, 0) is 6.54 Å². The van der Waals surface area contributed by atoms with E-state index in [1.807, 2.05) is 42.8 Å². The number of anilines is 2. The Labute approximate surface area is 168 Å². The summed E-state index contributed by atoms with van der Waals surface area (Å²) in [7, 11) is 0. The molecule has 0 amide bonds. The third-order valence-corrected chi connectivity index (χ3v) is 5.92. The molecule has 0 spiro atoms. The van der Waals surface area contributed by atoms with E-state index in [-0.39, 0.29) is 6.04 Å². The largest absolute Gasteiger partial charge is 0.398 e. The monoisotopic (exact) mass is 390 g/mol. The minimum absolute atomic E-state index is 0.108. The number of nitrogens with one attached hydrogen (secondary N) is 2. The van der Waals surface area contributed by atoms with Crippen LogP contribution in [-0.4, -0.2) is 20.6 Å². The van der Waals surface area contributed by atoms with Gasteiger partial charge in [-0.05, 0) is 43.7 Å². The van der Waals surface area contributed by atoms with Gasteiger partial charge >= 0.3 is 0 Å². The lowest BCUT2D eigenvalue weighted by Gasteiger charge is -2.37. The number of hydrogen-bond acceptors (Lipinski definition) is 7. The Morgan fingerprint density at radius 2 is 2.14 bits per heavy atom. The van der Waals surface area contributed by atoms with Crippen LogP contribution < -0.4 is 11.1 Å². The summed E-state index contributed by atoms with van der Waals surface area (Å²) in [6, 6.07) is 7.74. The molecule has 4 rings (SSSR count). The summed E-state index contributed by atoms with van der Waals surface area (Å²) in [5.41, 5.74) is 11.7. The summed E-state index contributed by atoms with van der Waals surface area (Å²) in [6.45, 7) is 8.89. The van der Waals surface area contributed by atoms with E-state index in [9.17, 15) is 0 Å². The topological polar surface area (TPSA) is 90.9 Å². The normalized spacial score (nSPS) is 14.4. The fraction of sp³-hybridized carbons (Fsp3) is 0.190. The van der Waals surface area contributed by atoms with Gasteiger partial charge in [-0.3, -0.25) is 10.4 Å². The molecule has 0 saturated heterocycles. The van der Waals surface area contributed by atoms with Gasteiger partial charge in [0.05, 0.1) is 17.6 Å². The Bertz CT molecular complexity index is 1060. The van der Waals surface area contributed by atoms with Gasteiger partial charge in [0.25, 0.3) is 0 Å². The van der Waals surface area contributed by atoms with E-state index in [0.29, 0.717) is 17.9 Å². The van der Waals surface area contributed by atoms with E-state index in [4.69, 9.17) is 11.1 Å². The summed E-state index contributed by atoms with van der Waals surface area (Å²) in [5.74, 6) is 0.821. The number of nitrogens with two attached hydrogens (primary N) is 1. The van der Waals surface area contributed by atoms with Gasteiger partial charge in [0.15, 0.2) is 0 Å². The predicted molar refractivity (Wildman–Crippen MR) is 115 cm³/mol. The Hall–Kier alpha value is -3.19. The minimum Gasteiger partial charge on any atom is -0.398 e. The molecule has 2 aromatic heterocycles. The van der Waals surface area contributed by atoms with Crippen molar-refractivity contribution in [3.05, 3.63) is 81.8 Å². The van der Waals surface area contributed by atoms with Crippen LogP contribution in [0.3, 0.4) is 0 Å². The molecule has 0 aliphatic carbocycles. The van der Waals surface area contributed by atoms with E-state index in [2.05, 4.69) is 33.7 Å². The lowest BCUT2D eigenvalue weighted by molar-refractivity contribution is 0.261. The average molecular weight is 391 g/mol. The molecule has 3 heterocycles. The van der Waals surface area contributed by atoms with E-state index >= 15 is 0 Å². The van der Waals surface area contributed by atoms with Gasteiger partial charge in [0.1, 0.15) is 5.01 Å². The van der Waals surface area contributed by atoms with Crippen molar-refractivity contribution in [2.45, 2.75) is 26.4 Å². The molecular weight excluding hydrogens is 368 g/mol. The average Bonchev–Trinajstić information content (AvgIpc) is 3.21. The summed E-state index contributed by atoms with van der Waals surface area (Å²) < 4.78 is 0. The molecule has 1 aliphatic heterocycles. The highest BCUT2D eigenvalue weighted by molar-refractivity contribution is 7.09. The SMILES string of the molecule is C=C1Nc2cc(N)c(C(=N)c3ccnc(C)c3)cc2CN1C(C)c1nccs1. The number of nitrogen functional groups attached to an aromatic ring is 1. The first-order chi connectivity index (χ1) is 13.4. The number of fused-ring (bicyclic) bond motifs is 1. The first-order valence-corrected chi connectivity index (χ1v) is 9.88. The van der Waals surface area contributed by atoms with Crippen molar-refractivity contribution in [3.63, 3.8) is 0 Å². The Balaban J connectivity index is 1.68. The molecule has 0 bridgehead atoms.